The van der Waals surface area contributed by atoms with Crippen LogP contribution in [0.25, 0.3) is 34.7 Å². The largest absolute Gasteiger partial charge is 0.381 e. The Kier molecular flexibility index (Phi) is 14.9. The van der Waals surface area contributed by atoms with Crippen LogP contribution < -0.4 is 0 Å². The molecular weight excluding hydrogens is 655 g/mol. The van der Waals surface area contributed by atoms with Gasteiger partial charge in [0.05, 0.1) is 11.1 Å². The lowest BCUT2D eigenvalue weighted by Crippen LogP contribution is -2.31. The van der Waals surface area contributed by atoms with Crippen molar-refractivity contribution in [2.45, 2.75) is 97.8 Å². The summed E-state index contributed by atoms with van der Waals surface area (Å²) < 4.78 is 5.87. The molecule has 0 aliphatic carbocycles. The smallest absolute Gasteiger partial charge is 0.262 e. The third-order valence-electron chi connectivity index (χ3n) is 9.36. The molecule has 0 atom stereocenters. The summed E-state index contributed by atoms with van der Waals surface area (Å²) in [4.78, 5) is 33.2. The van der Waals surface area contributed by atoms with Crippen molar-refractivity contribution in [2.75, 3.05) is 19.8 Å². The van der Waals surface area contributed by atoms with Crippen LogP contribution in [-0.4, -0.2) is 36.5 Å². The first-order valence-electron chi connectivity index (χ1n) is 18.6. The number of nitrogens with zero attached hydrogens (tertiary/aromatic N) is 1. The zero-order chi connectivity index (χ0) is 35.1. The third kappa shape index (κ3) is 10.7. The molecule has 0 saturated carbocycles. The van der Waals surface area contributed by atoms with Gasteiger partial charge in [0.15, 0.2) is 0 Å². The molecule has 2 aromatic carbocycles. The van der Waals surface area contributed by atoms with Gasteiger partial charge in [0.2, 0.25) is 0 Å². The predicted molar refractivity (Wildman–Crippen MR) is 215 cm³/mol. The maximum Gasteiger partial charge on any atom is 0.262 e. The summed E-state index contributed by atoms with van der Waals surface area (Å²) in [5, 5.41) is 0. The number of fused-ring (bicyclic) bond motifs is 1. The van der Waals surface area contributed by atoms with Crippen molar-refractivity contribution in [2.24, 2.45) is 0 Å². The van der Waals surface area contributed by atoms with Crippen LogP contribution in [0.15, 0.2) is 60.7 Å². The van der Waals surface area contributed by atoms with E-state index < -0.39 is 0 Å². The Bertz CT molecular complexity index is 1740. The number of carbonyl (C=O) groups excluding carboxylic acids is 2. The molecule has 2 aromatic heterocycles. The number of hydrogen-bond donors (Lipinski definition) is 0. The van der Waals surface area contributed by atoms with E-state index in [1.807, 2.05) is 19.1 Å². The third-order valence-corrected chi connectivity index (χ3v) is 11.4. The molecule has 5 rings (SSSR count). The molecular formula is C44H53NO3S2. The quantitative estimate of drug-likeness (QED) is 0.0640. The summed E-state index contributed by atoms with van der Waals surface area (Å²) in [5.74, 6) is -0.347. The van der Waals surface area contributed by atoms with Crippen LogP contribution in [0.3, 0.4) is 0 Å². The van der Waals surface area contributed by atoms with Gasteiger partial charge in [0.1, 0.15) is 0 Å². The number of thiophene rings is 2. The van der Waals surface area contributed by atoms with Crippen molar-refractivity contribution in [1.29, 1.82) is 0 Å². The van der Waals surface area contributed by atoms with Crippen molar-refractivity contribution in [3.05, 3.63) is 103 Å². The monoisotopic (exact) mass is 707 g/mol. The lowest BCUT2D eigenvalue weighted by Gasteiger charge is -2.14. The van der Waals surface area contributed by atoms with Crippen LogP contribution in [0, 0.1) is 13.8 Å². The van der Waals surface area contributed by atoms with E-state index in [-0.39, 0.29) is 11.8 Å². The van der Waals surface area contributed by atoms with E-state index in [4.69, 9.17) is 4.74 Å². The van der Waals surface area contributed by atoms with E-state index in [2.05, 4.69) is 86.7 Å². The topological polar surface area (TPSA) is 46.6 Å². The van der Waals surface area contributed by atoms with E-state index in [0.29, 0.717) is 24.3 Å². The first kappa shape index (κ1) is 37.7. The van der Waals surface area contributed by atoms with Crippen molar-refractivity contribution < 1.29 is 14.3 Å². The van der Waals surface area contributed by atoms with E-state index in [9.17, 15) is 9.59 Å². The molecule has 0 bridgehead atoms. The Morgan fingerprint density at radius 1 is 0.580 bits per heavy atom. The molecule has 0 saturated heterocycles. The number of carbonyl (C=O) groups is 2. The van der Waals surface area contributed by atoms with E-state index in [1.165, 1.54) is 78.0 Å². The van der Waals surface area contributed by atoms with Gasteiger partial charge in [-0.05, 0) is 86.2 Å². The van der Waals surface area contributed by atoms with Crippen molar-refractivity contribution in [3.63, 3.8) is 0 Å². The van der Waals surface area contributed by atoms with Gasteiger partial charge in [-0.1, -0.05) is 113 Å². The molecule has 4 aromatic rings. The molecule has 0 radical (unpaired) electrons. The Morgan fingerprint density at radius 3 is 1.76 bits per heavy atom. The highest BCUT2D eigenvalue weighted by Gasteiger charge is 2.38. The molecule has 50 heavy (non-hydrogen) atoms. The second-order valence-corrected chi connectivity index (χ2v) is 15.9. The fourth-order valence-corrected chi connectivity index (χ4v) is 8.17. The minimum Gasteiger partial charge on any atom is -0.381 e. The van der Waals surface area contributed by atoms with Gasteiger partial charge < -0.3 is 4.74 Å². The maximum atomic E-state index is 13.7. The average Bonchev–Trinajstić information content (AvgIpc) is 3.84. The highest BCUT2D eigenvalue weighted by atomic mass is 32.1. The normalized spacial score (nSPS) is 13.1. The molecule has 0 unspecified atom stereocenters. The van der Waals surface area contributed by atoms with Crippen LogP contribution >= 0.6 is 22.7 Å². The summed E-state index contributed by atoms with van der Waals surface area (Å²) in [6.07, 6.45) is 23.3. The van der Waals surface area contributed by atoms with Crippen LogP contribution in [-0.2, 0) is 4.74 Å². The molecule has 1 aliphatic heterocycles. The van der Waals surface area contributed by atoms with E-state index in [1.54, 1.807) is 22.7 Å². The van der Waals surface area contributed by atoms with Gasteiger partial charge in [0, 0.05) is 44.8 Å². The van der Waals surface area contributed by atoms with E-state index >= 15 is 0 Å². The molecule has 1 aliphatic rings. The van der Waals surface area contributed by atoms with E-state index in [0.717, 1.165) is 52.3 Å². The highest BCUT2D eigenvalue weighted by molar-refractivity contribution is 7.16. The van der Waals surface area contributed by atoms with Crippen molar-refractivity contribution >= 4 is 58.8 Å². The van der Waals surface area contributed by atoms with Gasteiger partial charge in [-0.25, -0.2) is 0 Å². The lowest BCUT2D eigenvalue weighted by atomic mass is 9.97. The zero-order valence-electron chi connectivity index (χ0n) is 30.2. The lowest BCUT2D eigenvalue weighted by molar-refractivity contribution is 0.0642. The first-order chi connectivity index (χ1) is 24.4. The van der Waals surface area contributed by atoms with Gasteiger partial charge in [-0.15, -0.1) is 22.7 Å². The number of benzene rings is 2. The summed E-state index contributed by atoms with van der Waals surface area (Å²) >= 11 is 3.43. The SMILES string of the molecule is CCCCCCCCCCCCOCCCCN1C(=O)c2c(C)ccc(-c3ccc(/C=C/c4ccc(/C=C/c5ccc(C)s5)cc4)s3)c2C1=O. The van der Waals surface area contributed by atoms with Crippen LogP contribution in [0.1, 0.15) is 136 Å². The maximum absolute atomic E-state index is 13.7. The van der Waals surface area contributed by atoms with Crippen molar-refractivity contribution in [3.8, 4) is 10.4 Å². The summed E-state index contributed by atoms with van der Waals surface area (Å²) in [5.41, 5.74) is 5.09. The number of ether oxygens (including phenoxy) is 1. The van der Waals surface area contributed by atoms with Crippen LogP contribution in [0.4, 0.5) is 0 Å². The number of amides is 2. The standard InChI is InChI=1S/C44H53NO3S2/c1-4-5-6-7-8-9-10-11-12-14-31-48-32-15-13-30-45-43(46)41-33(2)16-28-39(42(41)44(45)47)40-29-27-38(50-40)26-23-36-20-18-35(19-21-36)22-25-37-24-17-34(3)49-37/h16-29H,4-15,30-32H2,1-3H3/b25-22+,26-23+. The first-order valence-corrected chi connectivity index (χ1v) is 20.3. The number of hydrogen-bond acceptors (Lipinski definition) is 5. The summed E-state index contributed by atoms with van der Waals surface area (Å²) in [6.45, 7) is 8.21. The molecule has 2 amide bonds. The molecule has 4 nitrogen and oxygen atoms in total. The number of aryl methyl sites for hydroxylation is 2. The number of unbranched alkanes of at least 4 members (excludes halogenated alkanes) is 10. The van der Waals surface area contributed by atoms with Crippen LogP contribution in [0.2, 0.25) is 0 Å². The minimum absolute atomic E-state index is 0.170. The molecule has 0 N–H and O–H groups in total. The minimum atomic E-state index is -0.177. The average molecular weight is 708 g/mol. The fraction of sp³-hybridized carbons (Fsp3) is 0.409. The number of imide groups is 1. The summed E-state index contributed by atoms with van der Waals surface area (Å²) in [7, 11) is 0. The second kappa shape index (κ2) is 19.7. The molecule has 6 heteroatoms. The zero-order valence-corrected chi connectivity index (χ0v) is 31.8. The van der Waals surface area contributed by atoms with Crippen molar-refractivity contribution in [1.82, 2.24) is 4.90 Å². The molecule has 3 heterocycles. The Morgan fingerprint density at radius 2 is 1.14 bits per heavy atom. The second-order valence-electron chi connectivity index (χ2n) is 13.4. The van der Waals surface area contributed by atoms with Gasteiger partial charge in [0.25, 0.3) is 11.8 Å². The van der Waals surface area contributed by atoms with Gasteiger partial charge in [-0.2, -0.15) is 0 Å². The van der Waals surface area contributed by atoms with Gasteiger partial charge in [-0.3, -0.25) is 14.5 Å². The number of rotatable bonds is 21. The predicted octanol–water partition coefficient (Wildman–Crippen LogP) is 12.7. The summed E-state index contributed by atoms with van der Waals surface area (Å²) in [6, 6.07) is 20.9. The Hall–Kier alpha value is -3.58. The fourth-order valence-electron chi connectivity index (χ4n) is 6.45. The van der Waals surface area contributed by atoms with Gasteiger partial charge >= 0.3 is 0 Å². The molecule has 264 valence electrons. The highest BCUT2D eigenvalue weighted by Crippen LogP contribution is 2.38. The molecule has 0 spiro atoms. The molecule has 0 fully saturated rings. The Balaban J connectivity index is 1.07. The van der Waals surface area contributed by atoms with Crippen LogP contribution in [0.5, 0.6) is 0 Å². The Labute approximate surface area is 307 Å².